The first kappa shape index (κ1) is 62.8. The molecule has 0 aromatic heterocycles. The van der Waals surface area contributed by atoms with Gasteiger partial charge in [-0.15, -0.1) is 0 Å². The molecule has 0 bridgehead atoms. The van der Waals surface area contributed by atoms with Crippen molar-refractivity contribution in [3.8, 4) is 0 Å². The summed E-state index contributed by atoms with van der Waals surface area (Å²) < 4.78 is 17.4. The Balaban J connectivity index is 4.26. The molecule has 380 valence electrons. The van der Waals surface area contributed by atoms with Crippen LogP contribution in [0.3, 0.4) is 0 Å². The molecular weight excluding hydrogens is 823 g/mol. The van der Waals surface area contributed by atoms with Gasteiger partial charge < -0.3 is 23.8 Å². The second-order valence-corrected chi connectivity index (χ2v) is 19.1. The van der Waals surface area contributed by atoms with Gasteiger partial charge in [0.2, 0.25) is 0 Å². The van der Waals surface area contributed by atoms with Crippen molar-refractivity contribution < 1.29 is 38.2 Å². The van der Waals surface area contributed by atoms with Crippen LogP contribution in [0.1, 0.15) is 226 Å². The van der Waals surface area contributed by atoms with E-state index < -0.39 is 18.1 Å². The molecule has 0 radical (unpaired) electrons. The SMILES string of the molecule is CC/C=C/C/C=C/C/C=C/C/C=C/C/C=C/CCCCCCCCCC(=O)OC(COCCC(C(=O)O)[N+](C)(C)C)COC(=O)CCCCCCCCC/C=C/CCCCCCCCCC. The van der Waals surface area contributed by atoms with Crippen LogP contribution in [0.15, 0.2) is 72.9 Å². The average molecular weight is 925 g/mol. The second kappa shape index (κ2) is 48.2. The van der Waals surface area contributed by atoms with Gasteiger partial charge >= 0.3 is 17.9 Å². The number of likely N-dealkylation sites (N-methyl/N-ethyl adjacent to an activating group) is 1. The second-order valence-electron chi connectivity index (χ2n) is 19.1. The maximum atomic E-state index is 12.8. The van der Waals surface area contributed by atoms with Gasteiger partial charge in [0.05, 0.1) is 34.4 Å². The lowest BCUT2D eigenvalue weighted by atomic mass is 10.1. The Morgan fingerprint density at radius 1 is 0.470 bits per heavy atom. The molecule has 8 nitrogen and oxygen atoms in total. The van der Waals surface area contributed by atoms with Gasteiger partial charge in [-0.2, -0.15) is 0 Å². The summed E-state index contributed by atoms with van der Waals surface area (Å²) in [5.41, 5.74) is 0. The summed E-state index contributed by atoms with van der Waals surface area (Å²) in [6.45, 7) is 4.62. The minimum absolute atomic E-state index is 0.0527. The van der Waals surface area contributed by atoms with Crippen molar-refractivity contribution >= 4 is 17.9 Å². The van der Waals surface area contributed by atoms with E-state index in [0.29, 0.717) is 19.3 Å². The van der Waals surface area contributed by atoms with Crippen LogP contribution in [0.4, 0.5) is 0 Å². The third kappa shape index (κ3) is 45.9. The molecule has 0 saturated heterocycles. The molecule has 2 unspecified atom stereocenters. The fourth-order valence-corrected chi connectivity index (χ4v) is 7.70. The lowest BCUT2D eigenvalue weighted by Gasteiger charge is -2.31. The molecule has 1 N–H and O–H groups in total. The number of rotatable bonds is 48. The van der Waals surface area contributed by atoms with E-state index in [1.54, 1.807) is 0 Å². The van der Waals surface area contributed by atoms with E-state index in [1.165, 1.54) is 109 Å². The Hall–Kier alpha value is -3.23. The third-order valence-electron chi connectivity index (χ3n) is 11.8. The molecule has 0 amide bonds. The highest BCUT2D eigenvalue weighted by molar-refractivity contribution is 5.72. The highest BCUT2D eigenvalue weighted by Crippen LogP contribution is 2.15. The number of unbranched alkanes of at least 4 members (excludes halogenated alkanes) is 22. The predicted molar refractivity (Wildman–Crippen MR) is 280 cm³/mol. The topological polar surface area (TPSA) is 99.1 Å². The summed E-state index contributed by atoms with van der Waals surface area (Å²) in [5, 5.41) is 9.67. The van der Waals surface area contributed by atoms with Gasteiger partial charge in [-0.1, -0.05) is 196 Å². The first-order chi connectivity index (χ1) is 32.1. The molecule has 0 aliphatic carbocycles. The molecule has 0 aliphatic rings. The molecule has 0 aliphatic heterocycles. The molecule has 0 saturated carbocycles. The van der Waals surface area contributed by atoms with Crippen LogP contribution in [0.5, 0.6) is 0 Å². The zero-order chi connectivity index (χ0) is 48.4. The van der Waals surface area contributed by atoms with Crippen molar-refractivity contribution in [3.05, 3.63) is 72.9 Å². The van der Waals surface area contributed by atoms with Crippen molar-refractivity contribution in [1.29, 1.82) is 0 Å². The number of carbonyl (C=O) groups is 3. The monoisotopic (exact) mass is 925 g/mol. The van der Waals surface area contributed by atoms with Gasteiger partial charge in [0, 0.05) is 19.3 Å². The molecule has 0 aromatic carbocycles. The maximum absolute atomic E-state index is 12.8. The van der Waals surface area contributed by atoms with E-state index in [1.807, 2.05) is 21.1 Å². The molecule has 8 heteroatoms. The predicted octanol–water partition coefficient (Wildman–Crippen LogP) is 15.9. The lowest BCUT2D eigenvalue weighted by Crippen LogP contribution is -2.50. The summed E-state index contributed by atoms with van der Waals surface area (Å²) in [6, 6.07) is -0.621. The minimum atomic E-state index is -0.878. The van der Waals surface area contributed by atoms with E-state index in [0.717, 1.165) is 83.5 Å². The number of nitrogens with zero attached hydrogens (tertiary/aromatic N) is 1. The van der Waals surface area contributed by atoms with Gasteiger partial charge in [0.15, 0.2) is 12.1 Å². The van der Waals surface area contributed by atoms with Gasteiger partial charge in [0.1, 0.15) is 6.61 Å². The van der Waals surface area contributed by atoms with E-state index in [4.69, 9.17) is 14.2 Å². The number of ether oxygens (including phenoxy) is 3. The number of hydrogen-bond donors (Lipinski definition) is 1. The van der Waals surface area contributed by atoms with E-state index in [9.17, 15) is 19.5 Å². The highest BCUT2D eigenvalue weighted by Gasteiger charge is 2.31. The van der Waals surface area contributed by atoms with Crippen molar-refractivity contribution in [2.45, 2.75) is 238 Å². The molecule has 0 spiro atoms. The average Bonchev–Trinajstić information content (AvgIpc) is 3.28. The minimum Gasteiger partial charge on any atom is -0.477 e. The Kier molecular flexibility index (Phi) is 45.9. The Morgan fingerprint density at radius 3 is 1.27 bits per heavy atom. The number of esters is 2. The zero-order valence-corrected chi connectivity index (χ0v) is 43.4. The fourth-order valence-electron chi connectivity index (χ4n) is 7.70. The van der Waals surface area contributed by atoms with Crippen molar-refractivity contribution in [3.63, 3.8) is 0 Å². The lowest BCUT2D eigenvalue weighted by molar-refractivity contribution is -0.887. The normalized spacial score (nSPS) is 13.4. The summed E-state index contributed by atoms with van der Waals surface area (Å²) in [6.07, 6.45) is 62.4. The van der Waals surface area contributed by atoms with Gasteiger partial charge in [-0.3, -0.25) is 9.59 Å². The Bertz CT molecular complexity index is 1310. The summed E-state index contributed by atoms with van der Waals surface area (Å²) in [5.74, 6) is -1.48. The first-order valence-electron chi connectivity index (χ1n) is 27.0. The van der Waals surface area contributed by atoms with Crippen LogP contribution >= 0.6 is 0 Å². The summed E-state index contributed by atoms with van der Waals surface area (Å²) in [4.78, 5) is 37.2. The highest BCUT2D eigenvalue weighted by atomic mass is 16.6. The van der Waals surface area contributed by atoms with Crippen molar-refractivity contribution in [1.82, 2.24) is 0 Å². The largest absolute Gasteiger partial charge is 0.477 e. The molecule has 2 atom stereocenters. The van der Waals surface area contributed by atoms with Crippen LogP contribution in [0.25, 0.3) is 0 Å². The quantitative estimate of drug-likeness (QED) is 0.0281. The van der Waals surface area contributed by atoms with Gasteiger partial charge in [0.25, 0.3) is 0 Å². The van der Waals surface area contributed by atoms with E-state index >= 15 is 0 Å². The molecule has 0 heterocycles. The third-order valence-corrected chi connectivity index (χ3v) is 11.8. The van der Waals surface area contributed by atoms with Crippen LogP contribution in [0, 0.1) is 0 Å². The number of allylic oxidation sites excluding steroid dienone is 12. The number of aliphatic carboxylic acids is 1. The summed E-state index contributed by atoms with van der Waals surface area (Å²) >= 11 is 0. The summed E-state index contributed by atoms with van der Waals surface area (Å²) in [7, 11) is 5.53. The van der Waals surface area contributed by atoms with E-state index in [-0.39, 0.29) is 36.2 Å². The zero-order valence-electron chi connectivity index (χ0n) is 43.4. The van der Waals surface area contributed by atoms with E-state index in [2.05, 4.69) is 86.8 Å². The molecule has 0 rings (SSSR count). The fraction of sp³-hybridized carbons (Fsp3) is 0.741. The molecule has 66 heavy (non-hydrogen) atoms. The van der Waals surface area contributed by atoms with Gasteiger partial charge in [-0.05, 0) is 83.5 Å². The molecule has 0 fully saturated rings. The Morgan fingerprint density at radius 2 is 0.848 bits per heavy atom. The maximum Gasteiger partial charge on any atom is 0.362 e. The van der Waals surface area contributed by atoms with Crippen LogP contribution in [-0.2, 0) is 28.6 Å². The number of carboxylic acid groups (broad SMARTS) is 1. The van der Waals surface area contributed by atoms with Crippen LogP contribution in [0.2, 0.25) is 0 Å². The number of carboxylic acids is 1. The van der Waals surface area contributed by atoms with Crippen LogP contribution in [-0.4, -0.2) is 80.6 Å². The van der Waals surface area contributed by atoms with Gasteiger partial charge in [-0.25, -0.2) is 4.79 Å². The smallest absolute Gasteiger partial charge is 0.362 e. The Labute approximate surface area is 406 Å². The van der Waals surface area contributed by atoms with Crippen molar-refractivity contribution in [2.75, 3.05) is 41.0 Å². The number of hydrogen-bond acceptors (Lipinski definition) is 6. The standard InChI is InChI=1S/C58H101NO7/c1-6-8-10-12-14-16-18-20-22-24-26-27-28-29-31-33-35-37-39-41-43-45-47-49-57(61)66-54(52-64-51-50-55(58(62)63)59(3,4)5)53-65-56(60)48-46-44-42-40-38-36-34-32-30-25-23-21-19-17-15-13-11-9-7-2/h8,10,14,16,20,22,25-27,29-31,54-55H,6-7,9,11-13,15,17-19,21,23-24,28,32-53H2,1-5H3/p+1/b10-8+,16-14+,22-20+,27-26+,30-25+,31-29+. The molecule has 0 aromatic rings. The molecular formula is C58H102NO7+. The van der Waals surface area contributed by atoms with Crippen LogP contribution < -0.4 is 0 Å². The number of carbonyl (C=O) groups excluding carboxylic acids is 2. The first-order valence-corrected chi connectivity index (χ1v) is 27.0. The number of quaternary nitrogens is 1. The van der Waals surface area contributed by atoms with Crippen molar-refractivity contribution in [2.24, 2.45) is 0 Å².